The Morgan fingerprint density at radius 2 is 2.07 bits per heavy atom. The Bertz CT molecular complexity index is 324. The first kappa shape index (κ1) is 9.40. The molecule has 2 aliphatic rings. The molecule has 3 nitrogen and oxygen atoms in total. The Balaban J connectivity index is 1.67. The third kappa shape index (κ3) is 2.07. The van der Waals surface area contributed by atoms with Crippen molar-refractivity contribution in [1.29, 1.82) is 0 Å². The van der Waals surface area contributed by atoms with E-state index in [1.54, 1.807) is 0 Å². The molecule has 0 unspecified atom stereocenters. The van der Waals surface area contributed by atoms with Crippen LogP contribution in [0.2, 0.25) is 0 Å². The van der Waals surface area contributed by atoms with Crippen molar-refractivity contribution >= 4 is 0 Å². The van der Waals surface area contributed by atoms with E-state index in [1.807, 2.05) is 6.20 Å². The van der Waals surface area contributed by atoms with Crippen LogP contribution in [0.3, 0.4) is 0 Å². The van der Waals surface area contributed by atoms with Gasteiger partial charge < -0.3 is 9.84 Å². The van der Waals surface area contributed by atoms with Gasteiger partial charge in [-0.2, -0.15) is 0 Å². The highest BCUT2D eigenvalue weighted by Gasteiger charge is 2.29. The van der Waals surface area contributed by atoms with Crippen LogP contribution in [0, 0.1) is 5.92 Å². The summed E-state index contributed by atoms with van der Waals surface area (Å²) in [4.78, 5) is 0. The molecule has 0 bridgehead atoms. The van der Waals surface area contributed by atoms with Gasteiger partial charge in [-0.05, 0) is 50.6 Å². The maximum absolute atomic E-state index is 5.40. The SMILES string of the molecule is c1noc(CC2CCNCC2)c1C1CC1. The quantitative estimate of drug-likeness (QED) is 0.823. The average molecular weight is 206 g/mol. The van der Waals surface area contributed by atoms with Crippen molar-refractivity contribution < 1.29 is 4.52 Å². The lowest BCUT2D eigenvalue weighted by Gasteiger charge is -2.21. The van der Waals surface area contributed by atoms with Crippen LogP contribution >= 0.6 is 0 Å². The maximum Gasteiger partial charge on any atom is 0.140 e. The Morgan fingerprint density at radius 1 is 1.27 bits per heavy atom. The molecule has 0 radical (unpaired) electrons. The Kier molecular flexibility index (Phi) is 2.49. The van der Waals surface area contributed by atoms with Crippen LogP contribution in [-0.4, -0.2) is 18.2 Å². The molecule has 0 atom stereocenters. The highest BCUT2D eigenvalue weighted by atomic mass is 16.5. The number of nitrogens with zero attached hydrogens (tertiary/aromatic N) is 1. The van der Waals surface area contributed by atoms with Crippen LogP contribution in [0.5, 0.6) is 0 Å². The number of aromatic nitrogens is 1. The van der Waals surface area contributed by atoms with Crippen molar-refractivity contribution in [2.75, 3.05) is 13.1 Å². The molecule has 1 N–H and O–H groups in total. The lowest BCUT2D eigenvalue weighted by molar-refractivity contribution is 0.317. The lowest BCUT2D eigenvalue weighted by atomic mass is 9.92. The summed E-state index contributed by atoms with van der Waals surface area (Å²) in [7, 11) is 0. The van der Waals surface area contributed by atoms with E-state index in [0.717, 1.165) is 31.3 Å². The molecule has 1 aromatic heterocycles. The van der Waals surface area contributed by atoms with Crippen molar-refractivity contribution in [3.8, 4) is 0 Å². The fourth-order valence-electron chi connectivity index (χ4n) is 2.50. The van der Waals surface area contributed by atoms with Crippen LogP contribution in [0.1, 0.15) is 42.9 Å². The first-order chi connectivity index (χ1) is 7.43. The van der Waals surface area contributed by atoms with Crippen molar-refractivity contribution in [3.63, 3.8) is 0 Å². The smallest absolute Gasteiger partial charge is 0.140 e. The van der Waals surface area contributed by atoms with Crippen molar-refractivity contribution in [3.05, 3.63) is 17.5 Å². The van der Waals surface area contributed by atoms with E-state index in [4.69, 9.17) is 4.52 Å². The molecule has 1 saturated heterocycles. The van der Waals surface area contributed by atoms with Crippen LogP contribution in [0.25, 0.3) is 0 Å². The summed E-state index contributed by atoms with van der Waals surface area (Å²) >= 11 is 0. The monoisotopic (exact) mass is 206 g/mol. The molecule has 15 heavy (non-hydrogen) atoms. The standard InChI is InChI=1S/C12H18N2O/c1-2-10(1)11-8-14-15-12(11)7-9-3-5-13-6-4-9/h8-10,13H,1-7H2. The Morgan fingerprint density at radius 3 is 2.80 bits per heavy atom. The number of piperidine rings is 1. The highest BCUT2D eigenvalue weighted by molar-refractivity contribution is 5.23. The predicted octanol–water partition coefficient (Wildman–Crippen LogP) is 2.09. The van der Waals surface area contributed by atoms with E-state index < -0.39 is 0 Å². The Labute approximate surface area is 90.2 Å². The first-order valence-corrected chi connectivity index (χ1v) is 6.07. The molecule has 1 saturated carbocycles. The Hall–Kier alpha value is -0.830. The van der Waals surface area contributed by atoms with Crippen molar-refractivity contribution in [1.82, 2.24) is 10.5 Å². The molecule has 3 heteroatoms. The van der Waals surface area contributed by atoms with Crippen molar-refractivity contribution in [2.24, 2.45) is 5.92 Å². The molecule has 3 rings (SSSR count). The van der Waals surface area contributed by atoms with Gasteiger partial charge in [0.05, 0.1) is 6.20 Å². The van der Waals surface area contributed by atoms with Gasteiger partial charge in [-0.1, -0.05) is 5.16 Å². The van der Waals surface area contributed by atoms with E-state index in [2.05, 4.69) is 10.5 Å². The molecule has 1 aliphatic heterocycles. The number of hydrogen-bond acceptors (Lipinski definition) is 3. The van der Waals surface area contributed by atoms with E-state index in [-0.39, 0.29) is 0 Å². The van der Waals surface area contributed by atoms with Crippen LogP contribution in [-0.2, 0) is 6.42 Å². The second-order valence-electron chi connectivity index (χ2n) is 4.88. The molecule has 1 aliphatic carbocycles. The minimum Gasteiger partial charge on any atom is -0.361 e. The molecule has 0 amide bonds. The molecule has 0 aromatic carbocycles. The summed E-state index contributed by atoms with van der Waals surface area (Å²) in [5.41, 5.74) is 1.40. The molecular weight excluding hydrogens is 188 g/mol. The van der Waals surface area contributed by atoms with Gasteiger partial charge >= 0.3 is 0 Å². The normalized spacial score (nSPS) is 23.2. The molecule has 2 heterocycles. The zero-order valence-electron chi connectivity index (χ0n) is 9.04. The van der Waals surface area contributed by atoms with Gasteiger partial charge in [-0.25, -0.2) is 0 Å². The molecule has 2 fully saturated rings. The van der Waals surface area contributed by atoms with Gasteiger partial charge in [0.15, 0.2) is 0 Å². The second-order valence-corrected chi connectivity index (χ2v) is 4.88. The molecule has 82 valence electrons. The van der Waals surface area contributed by atoms with E-state index in [1.165, 1.54) is 37.0 Å². The summed E-state index contributed by atoms with van der Waals surface area (Å²) in [5, 5.41) is 7.36. The van der Waals surface area contributed by atoms with E-state index in [0.29, 0.717) is 0 Å². The average Bonchev–Trinajstić information content (AvgIpc) is 3.02. The van der Waals surface area contributed by atoms with Crippen LogP contribution < -0.4 is 5.32 Å². The molecular formula is C12H18N2O. The zero-order valence-corrected chi connectivity index (χ0v) is 9.04. The van der Waals surface area contributed by atoms with Gasteiger partial charge in [0, 0.05) is 12.0 Å². The zero-order chi connectivity index (χ0) is 10.1. The molecule has 0 spiro atoms. The third-order valence-electron chi connectivity index (χ3n) is 3.63. The first-order valence-electron chi connectivity index (χ1n) is 6.07. The summed E-state index contributed by atoms with van der Waals surface area (Å²) in [6.45, 7) is 2.33. The van der Waals surface area contributed by atoms with Gasteiger partial charge in [0.25, 0.3) is 0 Å². The summed E-state index contributed by atoms with van der Waals surface area (Å²) in [6.07, 6.45) is 8.28. The van der Waals surface area contributed by atoms with E-state index >= 15 is 0 Å². The van der Waals surface area contributed by atoms with Gasteiger partial charge in [-0.15, -0.1) is 0 Å². The van der Waals surface area contributed by atoms with Crippen LogP contribution in [0.15, 0.2) is 10.7 Å². The second kappa shape index (κ2) is 3.97. The minimum atomic E-state index is 0.771. The number of rotatable bonds is 3. The number of nitrogens with one attached hydrogen (secondary N) is 1. The summed E-state index contributed by atoms with van der Waals surface area (Å²) in [5.74, 6) is 2.74. The van der Waals surface area contributed by atoms with Crippen LogP contribution in [0.4, 0.5) is 0 Å². The summed E-state index contributed by atoms with van der Waals surface area (Å²) in [6, 6.07) is 0. The van der Waals surface area contributed by atoms with Gasteiger partial charge in [-0.3, -0.25) is 0 Å². The lowest BCUT2D eigenvalue weighted by Crippen LogP contribution is -2.28. The highest BCUT2D eigenvalue weighted by Crippen LogP contribution is 2.42. The minimum absolute atomic E-state index is 0.771. The topological polar surface area (TPSA) is 38.1 Å². The number of hydrogen-bond donors (Lipinski definition) is 1. The largest absolute Gasteiger partial charge is 0.361 e. The third-order valence-corrected chi connectivity index (χ3v) is 3.63. The molecule has 1 aromatic rings. The fraction of sp³-hybridized carbons (Fsp3) is 0.750. The van der Waals surface area contributed by atoms with Gasteiger partial charge in [0.1, 0.15) is 5.76 Å². The fourth-order valence-corrected chi connectivity index (χ4v) is 2.50. The van der Waals surface area contributed by atoms with E-state index in [9.17, 15) is 0 Å². The maximum atomic E-state index is 5.40. The van der Waals surface area contributed by atoms with Gasteiger partial charge in [0.2, 0.25) is 0 Å². The van der Waals surface area contributed by atoms with Crippen molar-refractivity contribution in [2.45, 2.75) is 38.0 Å². The predicted molar refractivity (Wildman–Crippen MR) is 57.8 cm³/mol. The summed E-state index contributed by atoms with van der Waals surface area (Å²) < 4.78 is 5.40.